The van der Waals surface area contributed by atoms with Crippen molar-refractivity contribution in [3.05, 3.63) is 82.5 Å². The second kappa shape index (κ2) is 9.44. The fraction of sp³-hybridized carbons (Fsp3) is 0.238. The summed E-state index contributed by atoms with van der Waals surface area (Å²) in [7, 11) is 0. The van der Waals surface area contributed by atoms with Crippen LogP contribution in [0.2, 0.25) is 5.02 Å². The lowest BCUT2D eigenvalue weighted by Gasteiger charge is -2.14. The number of ether oxygens (including phenoxy) is 2. The molecular weight excluding hydrogens is 369 g/mol. The highest BCUT2D eigenvalue weighted by Gasteiger charge is 2.11. The molecule has 0 atom stereocenters. The molecule has 1 heterocycles. The number of benzene rings is 2. The van der Waals surface area contributed by atoms with Gasteiger partial charge in [0.1, 0.15) is 18.2 Å². The van der Waals surface area contributed by atoms with E-state index < -0.39 is 0 Å². The Bertz CT molecular complexity index is 848. The molecule has 0 fully saturated rings. The van der Waals surface area contributed by atoms with Crippen molar-refractivity contribution in [1.82, 2.24) is 5.32 Å². The van der Waals surface area contributed by atoms with Crippen LogP contribution in [0, 0.1) is 5.82 Å². The van der Waals surface area contributed by atoms with Crippen LogP contribution >= 0.6 is 11.6 Å². The van der Waals surface area contributed by atoms with E-state index in [2.05, 4.69) is 5.32 Å². The summed E-state index contributed by atoms with van der Waals surface area (Å²) >= 11 is 6.05. The molecule has 3 aromatic rings. The average molecular weight is 390 g/mol. The van der Waals surface area contributed by atoms with Gasteiger partial charge in [0.25, 0.3) is 0 Å². The molecule has 4 nitrogen and oxygen atoms in total. The highest BCUT2D eigenvalue weighted by Crippen LogP contribution is 2.30. The van der Waals surface area contributed by atoms with Gasteiger partial charge in [0.05, 0.1) is 24.4 Å². The quantitative estimate of drug-likeness (QED) is 0.536. The van der Waals surface area contributed by atoms with E-state index in [0.717, 1.165) is 11.3 Å². The van der Waals surface area contributed by atoms with Gasteiger partial charge in [-0.3, -0.25) is 0 Å². The summed E-state index contributed by atoms with van der Waals surface area (Å²) in [6, 6.07) is 14.0. The minimum absolute atomic E-state index is 0.0294. The van der Waals surface area contributed by atoms with Crippen LogP contribution in [0.5, 0.6) is 11.5 Å². The second-order valence-corrected chi connectivity index (χ2v) is 6.29. The van der Waals surface area contributed by atoms with Crippen LogP contribution in [0.1, 0.15) is 23.8 Å². The Hall–Kier alpha value is -2.50. The SMILES string of the molecule is CCOc1cc(CNCc2ccco2)ccc1OCc1c(F)cccc1Cl. The predicted octanol–water partition coefficient (Wildman–Crippen LogP) is 5.34. The molecule has 0 bridgehead atoms. The van der Waals surface area contributed by atoms with Gasteiger partial charge in [0.15, 0.2) is 11.5 Å². The zero-order valence-electron chi connectivity index (χ0n) is 15.0. The molecule has 0 aliphatic heterocycles. The number of nitrogens with one attached hydrogen (secondary N) is 1. The van der Waals surface area contributed by atoms with Crippen molar-refractivity contribution in [2.45, 2.75) is 26.6 Å². The van der Waals surface area contributed by atoms with Crippen LogP contribution in [-0.2, 0) is 19.7 Å². The summed E-state index contributed by atoms with van der Waals surface area (Å²) in [6.07, 6.45) is 1.65. The molecule has 0 saturated heterocycles. The normalized spacial score (nSPS) is 10.8. The Kier molecular flexibility index (Phi) is 6.74. The maximum Gasteiger partial charge on any atom is 0.161 e. The molecule has 3 rings (SSSR count). The predicted molar refractivity (Wildman–Crippen MR) is 103 cm³/mol. The van der Waals surface area contributed by atoms with Crippen molar-refractivity contribution in [2.75, 3.05) is 6.61 Å². The lowest BCUT2D eigenvalue weighted by Crippen LogP contribution is -2.12. The largest absolute Gasteiger partial charge is 0.490 e. The summed E-state index contributed by atoms with van der Waals surface area (Å²) in [5, 5.41) is 3.65. The van der Waals surface area contributed by atoms with Crippen LogP contribution in [0.15, 0.2) is 59.2 Å². The summed E-state index contributed by atoms with van der Waals surface area (Å²) in [5.74, 6) is 1.65. The van der Waals surface area contributed by atoms with Crippen molar-refractivity contribution in [1.29, 1.82) is 0 Å². The van der Waals surface area contributed by atoms with Gasteiger partial charge in [-0.1, -0.05) is 23.7 Å². The van der Waals surface area contributed by atoms with Crippen molar-refractivity contribution in [2.24, 2.45) is 0 Å². The van der Waals surface area contributed by atoms with Crippen LogP contribution in [0.3, 0.4) is 0 Å². The summed E-state index contributed by atoms with van der Waals surface area (Å²) < 4.78 is 30.7. The number of rotatable bonds is 9. The molecule has 6 heteroatoms. The average Bonchev–Trinajstić information content (AvgIpc) is 3.16. The summed E-state index contributed by atoms with van der Waals surface area (Å²) in [4.78, 5) is 0. The highest BCUT2D eigenvalue weighted by atomic mass is 35.5. The Labute approximate surface area is 162 Å². The fourth-order valence-electron chi connectivity index (χ4n) is 2.61. The lowest BCUT2D eigenvalue weighted by molar-refractivity contribution is 0.265. The molecule has 0 amide bonds. The third-order valence-electron chi connectivity index (χ3n) is 3.95. The zero-order chi connectivity index (χ0) is 19.1. The van der Waals surface area contributed by atoms with E-state index in [4.69, 9.17) is 25.5 Å². The van der Waals surface area contributed by atoms with Gasteiger partial charge in [-0.25, -0.2) is 4.39 Å². The molecule has 0 saturated carbocycles. The number of hydrogen-bond donors (Lipinski definition) is 1. The standard InChI is InChI=1S/C21H21ClFNO3/c1-2-25-21-11-15(12-24-13-16-5-4-10-26-16)8-9-20(21)27-14-17-18(22)6-3-7-19(17)23/h3-11,24H,2,12-14H2,1H3. The van der Waals surface area contributed by atoms with Gasteiger partial charge >= 0.3 is 0 Å². The molecule has 0 unspecified atom stereocenters. The third kappa shape index (κ3) is 5.25. The molecule has 27 heavy (non-hydrogen) atoms. The maximum absolute atomic E-state index is 13.9. The molecule has 142 valence electrons. The highest BCUT2D eigenvalue weighted by molar-refractivity contribution is 6.31. The van der Waals surface area contributed by atoms with E-state index in [1.807, 2.05) is 37.3 Å². The third-order valence-corrected chi connectivity index (χ3v) is 4.30. The van der Waals surface area contributed by atoms with Crippen molar-refractivity contribution in [3.8, 4) is 11.5 Å². The van der Waals surface area contributed by atoms with E-state index in [-0.39, 0.29) is 12.4 Å². The first-order valence-electron chi connectivity index (χ1n) is 8.72. The fourth-order valence-corrected chi connectivity index (χ4v) is 2.83. The van der Waals surface area contributed by atoms with Crippen molar-refractivity contribution in [3.63, 3.8) is 0 Å². The van der Waals surface area contributed by atoms with Crippen molar-refractivity contribution >= 4 is 11.6 Å². The maximum atomic E-state index is 13.9. The van der Waals surface area contributed by atoms with Crippen LogP contribution in [0.4, 0.5) is 4.39 Å². The Morgan fingerprint density at radius 1 is 1.04 bits per heavy atom. The Balaban J connectivity index is 1.65. The van der Waals surface area contributed by atoms with E-state index in [9.17, 15) is 4.39 Å². The molecular formula is C21H21ClFNO3. The molecule has 1 N–H and O–H groups in total. The van der Waals surface area contributed by atoms with Gasteiger partial charge in [-0.2, -0.15) is 0 Å². The number of hydrogen-bond acceptors (Lipinski definition) is 4. The molecule has 0 aliphatic carbocycles. The topological polar surface area (TPSA) is 43.6 Å². The first-order chi connectivity index (χ1) is 13.2. The van der Waals surface area contributed by atoms with Crippen LogP contribution in [0.25, 0.3) is 0 Å². The van der Waals surface area contributed by atoms with Gasteiger partial charge in [0.2, 0.25) is 0 Å². The van der Waals surface area contributed by atoms with E-state index in [0.29, 0.717) is 41.8 Å². The van der Waals surface area contributed by atoms with Crippen LogP contribution < -0.4 is 14.8 Å². The Morgan fingerprint density at radius 3 is 2.67 bits per heavy atom. The van der Waals surface area contributed by atoms with Gasteiger partial charge in [-0.15, -0.1) is 0 Å². The first kappa shape index (κ1) is 19.3. The van der Waals surface area contributed by atoms with Crippen molar-refractivity contribution < 1.29 is 18.3 Å². The molecule has 2 aromatic carbocycles. The van der Waals surface area contributed by atoms with E-state index >= 15 is 0 Å². The Morgan fingerprint density at radius 2 is 1.93 bits per heavy atom. The molecule has 0 radical (unpaired) electrons. The minimum Gasteiger partial charge on any atom is -0.490 e. The lowest BCUT2D eigenvalue weighted by atomic mass is 10.2. The van der Waals surface area contributed by atoms with E-state index in [1.165, 1.54) is 6.07 Å². The monoisotopic (exact) mass is 389 g/mol. The summed E-state index contributed by atoms with van der Waals surface area (Å²) in [6.45, 7) is 3.72. The molecule has 0 spiro atoms. The summed E-state index contributed by atoms with van der Waals surface area (Å²) in [5.41, 5.74) is 1.37. The van der Waals surface area contributed by atoms with Crippen LogP contribution in [-0.4, -0.2) is 6.61 Å². The van der Waals surface area contributed by atoms with Gasteiger partial charge in [-0.05, 0) is 48.9 Å². The smallest absolute Gasteiger partial charge is 0.161 e. The first-order valence-corrected chi connectivity index (χ1v) is 9.09. The van der Waals surface area contributed by atoms with Gasteiger partial charge in [0, 0.05) is 12.1 Å². The number of furan rings is 1. The molecule has 0 aliphatic rings. The zero-order valence-corrected chi connectivity index (χ0v) is 15.8. The molecule has 1 aromatic heterocycles. The van der Waals surface area contributed by atoms with Gasteiger partial charge < -0.3 is 19.2 Å². The van der Waals surface area contributed by atoms with E-state index in [1.54, 1.807) is 18.4 Å². The second-order valence-electron chi connectivity index (χ2n) is 5.89. The number of halogens is 2. The minimum atomic E-state index is -0.390.